The average Bonchev–Trinajstić information content (AvgIpc) is 3.06. The summed E-state index contributed by atoms with van der Waals surface area (Å²) in [4.78, 5) is 0. The van der Waals surface area contributed by atoms with Gasteiger partial charge in [0.1, 0.15) is 5.75 Å². The zero-order chi connectivity index (χ0) is 17.1. The van der Waals surface area contributed by atoms with Crippen molar-refractivity contribution < 1.29 is 4.74 Å². The van der Waals surface area contributed by atoms with Crippen molar-refractivity contribution in [3.8, 4) is 11.7 Å². The second kappa shape index (κ2) is 7.27. The second-order valence-corrected chi connectivity index (χ2v) is 7.12. The molecule has 0 saturated heterocycles. The van der Waals surface area contributed by atoms with Crippen molar-refractivity contribution in [1.82, 2.24) is 24.7 Å². The Kier molecular flexibility index (Phi) is 5.10. The second-order valence-electron chi connectivity index (χ2n) is 5.15. The van der Waals surface area contributed by atoms with Gasteiger partial charge in [0, 0.05) is 15.9 Å². The van der Waals surface area contributed by atoms with Crippen LogP contribution in [0.5, 0.6) is 5.75 Å². The molecule has 1 aromatic carbocycles. The van der Waals surface area contributed by atoms with E-state index in [1.165, 1.54) is 16.4 Å². The number of benzene rings is 1. The van der Waals surface area contributed by atoms with Gasteiger partial charge in [0.25, 0.3) is 5.95 Å². The van der Waals surface area contributed by atoms with Crippen LogP contribution in [0.2, 0.25) is 0 Å². The van der Waals surface area contributed by atoms with Gasteiger partial charge in [0.2, 0.25) is 5.16 Å². The van der Waals surface area contributed by atoms with E-state index in [4.69, 9.17) is 10.6 Å². The molecule has 2 aromatic heterocycles. The number of thioether (sulfide) groups is 1. The fourth-order valence-corrected chi connectivity index (χ4v) is 3.24. The zero-order valence-corrected chi connectivity index (χ0v) is 15.7. The molecule has 7 nitrogen and oxygen atoms in total. The summed E-state index contributed by atoms with van der Waals surface area (Å²) in [6, 6.07) is 9.70. The van der Waals surface area contributed by atoms with Crippen LogP contribution in [-0.4, -0.2) is 37.0 Å². The molecule has 0 aliphatic heterocycles. The molecule has 0 aliphatic carbocycles. The third-order valence-corrected chi connectivity index (χ3v) is 4.63. The zero-order valence-electron chi connectivity index (χ0n) is 13.3. The van der Waals surface area contributed by atoms with Crippen LogP contribution in [0.15, 0.2) is 40.0 Å². The highest BCUT2D eigenvalue weighted by atomic mass is 79.9. The van der Waals surface area contributed by atoms with Crippen LogP contribution in [-0.2, 0) is 0 Å². The van der Waals surface area contributed by atoms with Crippen molar-refractivity contribution in [2.24, 2.45) is 0 Å². The normalized spacial score (nSPS) is 11.0. The lowest BCUT2D eigenvalue weighted by Crippen LogP contribution is -2.17. The lowest BCUT2D eigenvalue weighted by molar-refractivity contribution is 0.343. The van der Waals surface area contributed by atoms with E-state index >= 15 is 0 Å². The number of ether oxygens (including phenoxy) is 1. The first kappa shape index (κ1) is 16.8. The number of nitrogens with zero attached hydrogens (tertiary/aromatic N) is 5. The number of nitrogens with two attached hydrogens (primary N) is 1. The minimum atomic E-state index is 0.496. The maximum Gasteiger partial charge on any atom is 0.271 e. The van der Waals surface area contributed by atoms with E-state index in [-0.39, 0.29) is 0 Å². The van der Waals surface area contributed by atoms with E-state index in [0.29, 0.717) is 23.5 Å². The van der Waals surface area contributed by atoms with Crippen LogP contribution in [0.1, 0.15) is 11.4 Å². The van der Waals surface area contributed by atoms with E-state index in [2.05, 4.69) is 31.2 Å². The minimum Gasteiger partial charge on any atom is -0.493 e. The van der Waals surface area contributed by atoms with Gasteiger partial charge in [0.05, 0.1) is 12.3 Å². The predicted molar refractivity (Wildman–Crippen MR) is 97.1 cm³/mol. The van der Waals surface area contributed by atoms with E-state index in [1.54, 1.807) is 4.68 Å². The van der Waals surface area contributed by atoms with Crippen molar-refractivity contribution in [2.45, 2.75) is 19.0 Å². The van der Waals surface area contributed by atoms with Gasteiger partial charge in [-0.3, -0.25) is 0 Å². The largest absolute Gasteiger partial charge is 0.493 e. The SMILES string of the molecule is Cc1cc(C)n(-c2nnc(SCCOc3cccc(Br)c3)n2N)n1. The fraction of sp³-hybridized carbons (Fsp3) is 0.267. The highest BCUT2D eigenvalue weighted by Gasteiger charge is 2.14. The monoisotopic (exact) mass is 408 g/mol. The highest BCUT2D eigenvalue weighted by molar-refractivity contribution is 9.10. The molecular formula is C15H17BrN6OS. The smallest absolute Gasteiger partial charge is 0.271 e. The summed E-state index contributed by atoms with van der Waals surface area (Å²) in [5, 5.41) is 13.3. The molecule has 0 bridgehead atoms. The topological polar surface area (TPSA) is 83.8 Å². The summed E-state index contributed by atoms with van der Waals surface area (Å²) in [7, 11) is 0. The van der Waals surface area contributed by atoms with E-state index in [0.717, 1.165) is 21.6 Å². The summed E-state index contributed by atoms with van der Waals surface area (Å²) in [6.07, 6.45) is 0. The first-order valence-corrected chi connectivity index (χ1v) is 9.08. The standard InChI is InChI=1S/C15H17BrN6OS/c1-10-8-11(2)22(20-10)14-18-19-15(21(14)17)24-7-6-23-13-5-3-4-12(16)9-13/h3-5,8-9H,6-7,17H2,1-2H3. The summed E-state index contributed by atoms with van der Waals surface area (Å²) in [6.45, 7) is 4.42. The molecule has 0 spiro atoms. The lowest BCUT2D eigenvalue weighted by Gasteiger charge is -2.07. The molecule has 0 amide bonds. The van der Waals surface area contributed by atoms with Crippen LogP contribution >= 0.6 is 27.7 Å². The van der Waals surface area contributed by atoms with Gasteiger partial charge in [-0.15, -0.1) is 10.2 Å². The van der Waals surface area contributed by atoms with E-state index in [9.17, 15) is 0 Å². The molecule has 0 fully saturated rings. The van der Waals surface area contributed by atoms with Crippen LogP contribution in [0.4, 0.5) is 0 Å². The maximum absolute atomic E-state index is 6.09. The molecule has 0 atom stereocenters. The molecular weight excluding hydrogens is 392 g/mol. The first-order chi connectivity index (χ1) is 11.5. The molecule has 126 valence electrons. The summed E-state index contributed by atoms with van der Waals surface area (Å²) >= 11 is 4.90. The Morgan fingerprint density at radius 3 is 2.79 bits per heavy atom. The van der Waals surface area contributed by atoms with Crippen molar-refractivity contribution in [1.29, 1.82) is 0 Å². The third-order valence-electron chi connectivity index (χ3n) is 3.22. The van der Waals surface area contributed by atoms with Gasteiger partial charge in [-0.2, -0.15) is 5.10 Å². The number of rotatable bonds is 6. The van der Waals surface area contributed by atoms with Crippen molar-refractivity contribution in [3.63, 3.8) is 0 Å². The van der Waals surface area contributed by atoms with Crippen LogP contribution in [0, 0.1) is 13.8 Å². The summed E-state index contributed by atoms with van der Waals surface area (Å²) in [5.74, 6) is 8.12. The van der Waals surface area contributed by atoms with Gasteiger partial charge in [0.15, 0.2) is 0 Å². The van der Waals surface area contributed by atoms with E-state index in [1.807, 2.05) is 44.2 Å². The molecule has 0 saturated carbocycles. The number of aromatic nitrogens is 5. The minimum absolute atomic E-state index is 0.496. The molecule has 0 unspecified atom stereocenters. The molecule has 2 heterocycles. The predicted octanol–water partition coefficient (Wildman–Crippen LogP) is 2.73. The summed E-state index contributed by atoms with van der Waals surface area (Å²) < 4.78 is 9.82. The number of aryl methyl sites for hydroxylation is 2. The van der Waals surface area contributed by atoms with Crippen LogP contribution < -0.4 is 10.6 Å². The first-order valence-electron chi connectivity index (χ1n) is 7.30. The number of nitrogen functional groups attached to an aromatic ring is 1. The third kappa shape index (κ3) is 3.73. The Morgan fingerprint density at radius 1 is 1.25 bits per heavy atom. The molecule has 3 rings (SSSR count). The molecule has 0 aliphatic rings. The van der Waals surface area contributed by atoms with Crippen LogP contribution in [0.3, 0.4) is 0 Å². The highest BCUT2D eigenvalue weighted by Crippen LogP contribution is 2.20. The molecule has 9 heteroatoms. The number of hydrogen-bond donors (Lipinski definition) is 1. The Morgan fingerprint density at radius 2 is 2.08 bits per heavy atom. The summed E-state index contributed by atoms with van der Waals surface area (Å²) in [5.41, 5.74) is 1.87. The Hall–Kier alpha value is -2.00. The quantitative estimate of drug-likeness (QED) is 0.383. The van der Waals surface area contributed by atoms with Crippen LogP contribution in [0.25, 0.3) is 5.95 Å². The maximum atomic E-state index is 6.09. The molecule has 24 heavy (non-hydrogen) atoms. The number of hydrogen-bond acceptors (Lipinski definition) is 6. The Bertz CT molecular complexity index is 846. The van der Waals surface area contributed by atoms with Gasteiger partial charge < -0.3 is 10.6 Å². The lowest BCUT2D eigenvalue weighted by atomic mass is 10.3. The van der Waals surface area contributed by atoms with Crippen molar-refractivity contribution >= 4 is 27.7 Å². The average molecular weight is 409 g/mol. The van der Waals surface area contributed by atoms with Crippen molar-refractivity contribution in [3.05, 3.63) is 46.2 Å². The number of halogens is 1. The van der Waals surface area contributed by atoms with Gasteiger partial charge in [-0.05, 0) is 38.1 Å². The van der Waals surface area contributed by atoms with Gasteiger partial charge >= 0.3 is 0 Å². The van der Waals surface area contributed by atoms with Gasteiger partial charge in [-0.1, -0.05) is 33.8 Å². The van der Waals surface area contributed by atoms with E-state index < -0.39 is 0 Å². The molecule has 2 N–H and O–H groups in total. The molecule has 3 aromatic rings. The molecule has 0 radical (unpaired) electrons. The fourth-order valence-electron chi connectivity index (χ4n) is 2.19. The Balaban J connectivity index is 1.59. The van der Waals surface area contributed by atoms with Crippen molar-refractivity contribution in [2.75, 3.05) is 18.2 Å². The van der Waals surface area contributed by atoms with Gasteiger partial charge in [-0.25, -0.2) is 9.36 Å². The Labute approximate surface area is 152 Å².